The molecule has 8 heteroatoms. The topological polar surface area (TPSA) is 95.5 Å². The molecule has 3 aromatic carbocycles. The first-order valence-corrected chi connectivity index (χ1v) is 12.6. The van der Waals surface area contributed by atoms with Gasteiger partial charge in [0.25, 0.3) is 5.78 Å². The summed E-state index contributed by atoms with van der Waals surface area (Å²) in [6.45, 7) is 9.99. The smallest absolute Gasteiger partial charge is 0.302 e. The summed E-state index contributed by atoms with van der Waals surface area (Å²) in [5.74, 6) is -2.03. The van der Waals surface area contributed by atoms with Gasteiger partial charge in [0.1, 0.15) is 17.3 Å². The lowest BCUT2D eigenvalue weighted by molar-refractivity contribution is -0.132. The Bertz CT molecular complexity index is 1660. The fourth-order valence-corrected chi connectivity index (χ4v) is 5.16. The highest BCUT2D eigenvalue weighted by atomic mass is 19.1. The number of hydrogen-bond donors (Lipinski definition) is 2. The second-order valence-electron chi connectivity index (χ2n) is 10.9. The third kappa shape index (κ3) is 4.46. The molecule has 1 aromatic heterocycles. The van der Waals surface area contributed by atoms with E-state index in [1.54, 1.807) is 6.07 Å². The molecular formula is C31H30FN3O4. The summed E-state index contributed by atoms with van der Waals surface area (Å²) in [5, 5.41) is 11.6. The Kier molecular flexibility index (Phi) is 6.29. The van der Waals surface area contributed by atoms with Crippen LogP contribution in [0, 0.1) is 19.7 Å². The van der Waals surface area contributed by atoms with Gasteiger partial charge in [0.15, 0.2) is 0 Å². The number of hydrogen-bond acceptors (Lipinski definition) is 5. The lowest BCUT2D eigenvalue weighted by Gasteiger charge is -2.25. The van der Waals surface area contributed by atoms with Gasteiger partial charge in [-0.15, -0.1) is 0 Å². The Labute approximate surface area is 225 Å². The fraction of sp³-hybridized carbons (Fsp3) is 0.258. The van der Waals surface area contributed by atoms with Crippen molar-refractivity contribution in [2.75, 3.05) is 12.0 Å². The van der Waals surface area contributed by atoms with Crippen LogP contribution >= 0.6 is 0 Å². The van der Waals surface area contributed by atoms with Crippen molar-refractivity contribution in [3.63, 3.8) is 0 Å². The highest BCUT2D eigenvalue weighted by Gasteiger charge is 2.48. The van der Waals surface area contributed by atoms with E-state index in [1.165, 1.54) is 30.2 Å². The van der Waals surface area contributed by atoms with Gasteiger partial charge in [0.2, 0.25) is 5.95 Å². The number of aromatic nitrogens is 2. The van der Waals surface area contributed by atoms with Crippen LogP contribution in [0.25, 0.3) is 16.8 Å². The highest BCUT2D eigenvalue weighted by Crippen LogP contribution is 2.44. The van der Waals surface area contributed by atoms with Crippen molar-refractivity contribution in [2.45, 2.75) is 46.1 Å². The summed E-state index contributed by atoms with van der Waals surface area (Å²) in [7, 11) is 1.49. The first kappa shape index (κ1) is 26.2. The van der Waals surface area contributed by atoms with Crippen LogP contribution in [0.3, 0.4) is 0 Å². The Balaban J connectivity index is 1.76. The number of nitrogens with one attached hydrogen (secondary N) is 1. The summed E-state index contributed by atoms with van der Waals surface area (Å²) < 4.78 is 19.5. The number of anilines is 1. The van der Waals surface area contributed by atoms with E-state index in [2.05, 4.69) is 30.7 Å². The predicted octanol–water partition coefficient (Wildman–Crippen LogP) is 6.25. The number of Topliss-reactive ketones (excluding diaryl/α,β-unsaturated/α-hetero) is 1. The largest absolute Gasteiger partial charge is 0.507 e. The van der Waals surface area contributed by atoms with Crippen LogP contribution in [-0.4, -0.2) is 33.9 Å². The van der Waals surface area contributed by atoms with E-state index in [0.717, 1.165) is 16.7 Å². The molecule has 4 aromatic rings. The molecule has 1 saturated heterocycles. The molecule has 0 spiro atoms. The minimum Gasteiger partial charge on any atom is -0.507 e. The number of aryl methyl sites for hydroxylation is 2. The van der Waals surface area contributed by atoms with Crippen LogP contribution in [0.2, 0.25) is 0 Å². The van der Waals surface area contributed by atoms with E-state index in [-0.39, 0.29) is 22.7 Å². The van der Waals surface area contributed by atoms with Gasteiger partial charge in [-0.2, -0.15) is 0 Å². The fourth-order valence-electron chi connectivity index (χ4n) is 5.16. The van der Waals surface area contributed by atoms with Gasteiger partial charge in [-0.1, -0.05) is 51.1 Å². The monoisotopic (exact) mass is 527 g/mol. The van der Waals surface area contributed by atoms with Crippen LogP contribution in [0.5, 0.6) is 5.75 Å². The minimum atomic E-state index is -0.991. The lowest BCUT2D eigenvalue weighted by Crippen LogP contribution is -2.30. The number of aliphatic hydroxyl groups excluding tert-OH is 1. The molecule has 2 heterocycles. The van der Waals surface area contributed by atoms with E-state index in [0.29, 0.717) is 27.9 Å². The summed E-state index contributed by atoms with van der Waals surface area (Å²) in [5.41, 5.74) is 4.24. The standard InChI is InChI=1S/C31H30FN3O4/c1-16-13-17(2)28(39-6)21(14-16)26(36)24-25(18-7-9-19(10-8-18)31(3,4)5)35(29(38)27(24)37)30-33-22-12-11-20(32)15-23(22)34-30/h7-15,25,36H,1-6H3,(H,33,34)/b26-24+. The van der Waals surface area contributed by atoms with E-state index in [9.17, 15) is 19.1 Å². The molecule has 1 amide bonds. The van der Waals surface area contributed by atoms with Crippen molar-refractivity contribution >= 4 is 34.4 Å². The molecule has 5 rings (SSSR count). The van der Waals surface area contributed by atoms with Gasteiger partial charge in [-0.3, -0.25) is 14.5 Å². The van der Waals surface area contributed by atoms with Crippen molar-refractivity contribution in [1.29, 1.82) is 0 Å². The van der Waals surface area contributed by atoms with E-state index in [4.69, 9.17) is 4.74 Å². The number of carbonyl (C=O) groups excluding carboxylic acids is 2. The minimum absolute atomic E-state index is 0.0778. The zero-order valence-corrected chi connectivity index (χ0v) is 22.7. The van der Waals surface area contributed by atoms with Gasteiger partial charge in [-0.05, 0) is 65.8 Å². The molecule has 0 radical (unpaired) electrons. The molecule has 1 aliphatic rings. The molecule has 1 unspecified atom stereocenters. The quantitative estimate of drug-likeness (QED) is 0.186. The maximum atomic E-state index is 13.9. The van der Waals surface area contributed by atoms with Gasteiger partial charge in [-0.25, -0.2) is 9.37 Å². The lowest BCUT2D eigenvalue weighted by atomic mass is 9.85. The molecule has 0 aliphatic carbocycles. The maximum absolute atomic E-state index is 13.9. The number of ether oxygens (including phenoxy) is 1. The van der Waals surface area contributed by atoms with Crippen LogP contribution in [0.1, 0.15) is 54.6 Å². The van der Waals surface area contributed by atoms with Gasteiger partial charge < -0.3 is 14.8 Å². The van der Waals surface area contributed by atoms with Gasteiger partial charge >= 0.3 is 5.91 Å². The molecule has 0 bridgehead atoms. The Morgan fingerprint density at radius 2 is 1.74 bits per heavy atom. The predicted molar refractivity (Wildman–Crippen MR) is 148 cm³/mol. The van der Waals surface area contributed by atoms with E-state index < -0.39 is 23.5 Å². The Hall–Kier alpha value is -4.46. The van der Waals surface area contributed by atoms with Crippen molar-refractivity contribution in [3.8, 4) is 5.75 Å². The van der Waals surface area contributed by atoms with E-state index >= 15 is 0 Å². The van der Waals surface area contributed by atoms with Crippen molar-refractivity contribution in [2.24, 2.45) is 0 Å². The van der Waals surface area contributed by atoms with Crippen LogP contribution in [0.15, 0.2) is 60.2 Å². The second kappa shape index (κ2) is 9.38. The second-order valence-corrected chi connectivity index (χ2v) is 10.9. The molecule has 1 fully saturated rings. The van der Waals surface area contributed by atoms with Gasteiger partial charge in [0.05, 0.1) is 35.3 Å². The Morgan fingerprint density at radius 1 is 1.05 bits per heavy atom. The molecule has 200 valence electrons. The molecule has 2 N–H and O–H groups in total. The van der Waals surface area contributed by atoms with Crippen LogP contribution < -0.4 is 9.64 Å². The number of methoxy groups -OCH3 is 1. The number of halogens is 1. The molecule has 7 nitrogen and oxygen atoms in total. The van der Waals surface area contributed by atoms with E-state index in [1.807, 2.05) is 44.2 Å². The number of aromatic amines is 1. The number of H-pyrrole nitrogens is 1. The number of benzene rings is 3. The number of aliphatic hydroxyl groups is 1. The highest BCUT2D eigenvalue weighted by molar-refractivity contribution is 6.51. The summed E-state index contributed by atoms with van der Waals surface area (Å²) >= 11 is 0. The number of imidazole rings is 1. The molecular weight excluding hydrogens is 497 g/mol. The van der Waals surface area contributed by atoms with Gasteiger partial charge in [0, 0.05) is 0 Å². The zero-order chi connectivity index (χ0) is 28.2. The third-order valence-corrected chi connectivity index (χ3v) is 7.07. The summed E-state index contributed by atoms with van der Waals surface area (Å²) in [4.78, 5) is 35.9. The first-order chi connectivity index (χ1) is 18.4. The maximum Gasteiger partial charge on any atom is 0.302 e. The number of rotatable bonds is 4. The van der Waals surface area contributed by atoms with Crippen molar-refractivity contribution in [1.82, 2.24) is 9.97 Å². The number of amides is 1. The summed E-state index contributed by atoms with van der Waals surface area (Å²) in [6.07, 6.45) is 0. The third-order valence-electron chi connectivity index (χ3n) is 7.07. The van der Waals surface area contributed by atoms with Crippen molar-refractivity contribution in [3.05, 3.63) is 93.8 Å². The number of carbonyl (C=O) groups is 2. The number of nitrogens with zero attached hydrogens (tertiary/aromatic N) is 2. The normalized spacial score (nSPS) is 17.3. The SMILES string of the molecule is COc1c(C)cc(C)cc1/C(O)=C1\C(=O)C(=O)N(c2nc3ccc(F)cc3[nH]2)C1c1ccc(C(C)(C)C)cc1. The summed E-state index contributed by atoms with van der Waals surface area (Å²) in [6, 6.07) is 14.3. The van der Waals surface area contributed by atoms with Crippen molar-refractivity contribution < 1.29 is 23.8 Å². The first-order valence-electron chi connectivity index (χ1n) is 12.6. The van der Waals surface area contributed by atoms with Crippen LogP contribution in [0.4, 0.5) is 10.3 Å². The molecule has 1 atom stereocenters. The molecule has 1 aliphatic heterocycles. The average Bonchev–Trinajstić information content (AvgIpc) is 3.40. The molecule has 39 heavy (non-hydrogen) atoms. The number of ketones is 1. The van der Waals surface area contributed by atoms with Crippen LogP contribution in [-0.2, 0) is 15.0 Å². The average molecular weight is 528 g/mol. The Morgan fingerprint density at radius 3 is 2.38 bits per heavy atom. The zero-order valence-electron chi connectivity index (χ0n) is 22.7. The molecule has 0 saturated carbocycles. The number of fused-ring (bicyclic) bond motifs is 1.